The highest BCUT2D eigenvalue weighted by Gasteiger charge is 2.54. The number of aromatic nitrogens is 2. The van der Waals surface area contributed by atoms with Gasteiger partial charge in [0.1, 0.15) is 5.82 Å². The van der Waals surface area contributed by atoms with Gasteiger partial charge in [-0.2, -0.15) is 4.36 Å². The van der Waals surface area contributed by atoms with Gasteiger partial charge in [-0.05, 0) is 30.5 Å². The Morgan fingerprint density at radius 1 is 1.14 bits per heavy atom. The molecule has 0 spiro atoms. The molecule has 3 aromatic rings. The number of fused-ring (bicyclic) bond motifs is 1. The second-order valence-electron chi connectivity index (χ2n) is 11.0. The number of morpholine rings is 1. The van der Waals surface area contributed by atoms with Crippen molar-refractivity contribution in [3.63, 3.8) is 0 Å². The first-order chi connectivity index (χ1) is 17.0. The molecule has 2 atom stereocenters. The maximum Gasteiger partial charge on any atom is 0.259 e. The number of carbonyl (C=O) groups excluding carboxylic acids is 1. The van der Waals surface area contributed by atoms with Crippen LogP contribution in [0.1, 0.15) is 46.2 Å². The molecule has 0 N–H and O–H groups in total. The number of benzene rings is 2. The van der Waals surface area contributed by atoms with Gasteiger partial charge in [-0.3, -0.25) is 4.79 Å². The minimum Gasteiger partial charge on any atom is -0.377 e. The minimum atomic E-state index is -2.89. The summed E-state index contributed by atoms with van der Waals surface area (Å²) in [5.74, 6) is 1.05. The van der Waals surface area contributed by atoms with Crippen molar-refractivity contribution in [1.82, 2.24) is 9.97 Å². The molecule has 190 valence electrons. The Balaban J connectivity index is 1.70. The lowest BCUT2D eigenvalue weighted by atomic mass is 9.96. The molecule has 0 radical (unpaired) electrons. The minimum absolute atomic E-state index is 0.148. The fourth-order valence-corrected chi connectivity index (χ4v) is 6.87. The normalized spacial score (nSPS) is 21.1. The third-order valence-corrected chi connectivity index (χ3v) is 9.78. The van der Waals surface area contributed by atoms with E-state index in [1.807, 2.05) is 30.3 Å². The molecule has 1 aromatic heterocycles. The van der Waals surface area contributed by atoms with Crippen molar-refractivity contribution in [2.75, 3.05) is 30.9 Å². The van der Waals surface area contributed by atoms with Crippen molar-refractivity contribution < 1.29 is 13.7 Å². The maximum atomic E-state index is 14.1. The molecular weight excluding hydrogens is 472 g/mol. The van der Waals surface area contributed by atoms with E-state index in [4.69, 9.17) is 14.7 Å². The lowest BCUT2D eigenvalue weighted by Gasteiger charge is -2.35. The largest absolute Gasteiger partial charge is 0.377 e. The number of anilines is 1. The molecule has 36 heavy (non-hydrogen) atoms. The Morgan fingerprint density at radius 2 is 1.86 bits per heavy atom. The number of ether oxygens (including phenoxy) is 1. The van der Waals surface area contributed by atoms with Crippen LogP contribution in [0.3, 0.4) is 0 Å². The number of hydrogen-bond donors (Lipinski definition) is 0. The number of hydrogen-bond acceptors (Lipinski definition) is 6. The van der Waals surface area contributed by atoms with Crippen LogP contribution in [0.5, 0.6) is 0 Å². The molecule has 0 bridgehead atoms. The van der Waals surface area contributed by atoms with Crippen molar-refractivity contribution in [3.05, 3.63) is 54.2 Å². The quantitative estimate of drug-likeness (QED) is 0.485. The second-order valence-corrected chi connectivity index (χ2v) is 13.6. The Kier molecular flexibility index (Phi) is 6.16. The zero-order valence-corrected chi connectivity index (χ0v) is 22.5. The van der Waals surface area contributed by atoms with Gasteiger partial charge in [-0.1, -0.05) is 63.2 Å². The smallest absolute Gasteiger partial charge is 0.259 e. The Labute approximate surface area is 213 Å². The predicted molar refractivity (Wildman–Crippen MR) is 144 cm³/mol. The van der Waals surface area contributed by atoms with Crippen LogP contribution in [-0.4, -0.2) is 52.1 Å². The van der Waals surface area contributed by atoms with Gasteiger partial charge in [0.15, 0.2) is 5.82 Å². The Hall–Kier alpha value is -2.84. The fraction of sp³-hybridized carbons (Fsp3) is 0.464. The van der Waals surface area contributed by atoms with Gasteiger partial charge in [0.25, 0.3) is 5.91 Å². The van der Waals surface area contributed by atoms with E-state index >= 15 is 0 Å². The van der Waals surface area contributed by atoms with Crippen LogP contribution >= 0.6 is 0 Å². The van der Waals surface area contributed by atoms with Gasteiger partial charge in [-0.25, -0.2) is 14.2 Å². The molecule has 1 saturated heterocycles. The van der Waals surface area contributed by atoms with Crippen LogP contribution in [0.2, 0.25) is 0 Å². The van der Waals surface area contributed by atoms with Crippen LogP contribution in [-0.2, 0) is 24.0 Å². The maximum absolute atomic E-state index is 14.1. The van der Waals surface area contributed by atoms with Crippen LogP contribution < -0.4 is 4.90 Å². The van der Waals surface area contributed by atoms with E-state index in [9.17, 15) is 9.00 Å². The first-order valence-corrected chi connectivity index (χ1v) is 14.4. The van der Waals surface area contributed by atoms with Gasteiger partial charge < -0.3 is 9.64 Å². The molecule has 1 saturated carbocycles. The summed E-state index contributed by atoms with van der Waals surface area (Å²) in [7, 11) is -2.89. The summed E-state index contributed by atoms with van der Waals surface area (Å²) in [4.78, 5) is 25.1. The van der Waals surface area contributed by atoms with Gasteiger partial charge >= 0.3 is 0 Å². The molecule has 2 aliphatic rings. The zero-order valence-electron chi connectivity index (χ0n) is 21.7. The van der Waals surface area contributed by atoms with E-state index in [1.165, 1.54) is 0 Å². The standard InChI is InChI=1S/C28H34N4O3S/c1-19-18-35-16-15-32(19)24-17-23(28(13-14-28)36(5,34)31-26(33)27(2,3)4)29-25(30-24)22-12-8-10-20-9-6-7-11-21(20)22/h6-12,17,19H,13-16,18H2,1-5H3/t19-,36?/m1/s1. The van der Waals surface area contributed by atoms with E-state index in [1.54, 1.807) is 27.0 Å². The summed E-state index contributed by atoms with van der Waals surface area (Å²) >= 11 is 0. The summed E-state index contributed by atoms with van der Waals surface area (Å²) in [6.07, 6.45) is 2.96. The zero-order chi connectivity index (χ0) is 25.7. The molecule has 2 aromatic carbocycles. The van der Waals surface area contributed by atoms with Crippen LogP contribution in [0.15, 0.2) is 52.9 Å². The molecule has 5 rings (SSSR count). The number of carbonyl (C=O) groups is 1. The lowest BCUT2D eigenvalue weighted by Crippen LogP contribution is -2.44. The third kappa shape index (κ3) is 4.41. The van der Waals surface area contributed by atoms with Crippen molar-refractivity contribution >= 4 is 32.2 Å². The van der Waals surface area contributed by atoms with Gasteiger partial charge in [0, 0.05) is 29.8 Å². The highest BCUT2D eigenvalue weighted by Crippen LogP contribution is 2.53. The SMILES string of the molecule is C[C@@H]1COCCN1c1cc(C2(S(C)(=O)=NC(=O)C(C)(C)C)CC2)nc(-c2cccc3ccccc23)n1. The molecule has 1 unspecified atom stereocenters. The number of nitrogens with zero attached hydrogens (tertiary/aromatic N) is 4. The molecule has 1 aliphatic carbocycles. The monoisotopic (exact) mass is 506 g/mol. The summed E-state index contributed by atoms with van der Waals surface area (Å²) < 4.78 is 23.3. The number of rotatable bonds is 4. The molecular formula is C28H34N4O3S. The van der Waals surface area contributed by atoms with Crippen molar-refractivity contribution in [3.8, 4) is 11.4 Å². The van der Waals surface area contributed by atoms with Gasteiger partial charge in [0.2, 0.25) is 0 Å². The molecule has 2 heterocycles. The van der Waals surface area contributed by atoms with Crippen LogP contribution in [0, 0.1) is 5.41 Å². The fourth-order valence-electron chi connectivity index (χ4n) is 4.75. The molecule has 1 aliphatic heterocycles. The molecule has 8 heteroatoms. The third-order valence-electron chi connectivity index (χ3n) is 7.20. The van der Waals surface area contributed by atoms with E-state index in [0.717, 1.165) is 22.2 Å². The Bertz CT molecular complexity index is 1440. The van der Waals surface area contributed by atoms with Crippen molar-refractivity contribution in [1.29, 1.82) is 0 Å². The van der Waals surface area contributed by atoms with Crippen LogP contribution in [0.4, 0.5) is 5.82 Å². The van der Waals surface area contributed by atoms with Gasteiger partial charge in [0.05, 0.1) is 39.4 Å². The summed E-state index contributed by atoms with van der Waals surface area (Å²) in [6.45, 7) is 9.48. The highest BCUT2D eigenvalue weighted by atomic mass is 32.2. The Morgan fingerprint density at radius 3 is 2.56 bits per heavy atom. The summed E-state index contributed by atoms with van der Waals surface area (Å²) in [6, 6.07) is 16.4. The topological polar surface area (TPSA) is 84.8 Å². The molecule has 1 amide bonds. The van der Waals surface area contributed by atoms with E-state index in [2.05, 4.69) is 34.4 Å². The average Bonchev–Trinajstić information content (AvgIpc) is 3.66. The molecule has 2 fully saturated rings. The first-order valence-electron chi connectivity index (χ1n) is 12.5. The van der Waals surface area contributed by atoms with E-state index < -0.39 is 19.9 Å². The van der Waals surface area contributed by atoms with Crippen molar-refractivity contribution in [2.24, 2.45) is 9.78 Å². The molecule has 7 nitrogen and oxygen atoms in total. The van der Waals surface area contributed by atoms with Gasteiger partial charge in [-0.15, -0.1) is 0 Å². The second kappa shape index (κ2) is 8.92. The highest BCUT2D eigenvalue weighted by molar-refractivity contribution is 7.94. The summed E-state index contributed by atoms with van der Waals surface area (Å²) in [5, 5.41) is 2.17. The lowest BCUT2D eigenvalue weighted by molar-refractivity contribution is -0.124. The summed E-state index contributed by atoms with van der Waals surface area (Å²) in [5.41, 5.74) is 0.938. The number of amides is 1. The predicted octanol–water partition coefficient (Wildman–Crippen LogP) is 5.18. The van der Waals surface area contributed by atoms with Crippen LogP contribution in [0.25, 0.3) is 22.2 Å². The van der Waals surface area contributed by atoms with E-state index in [-0.39, 0.29) is 11.9 Å². The van der Waals surface area contributed by atoms with Crippen molar-refractivity contribution in [2.45, 2.75) is 51.3 Å². The van der Waals surface area contributed by atoms with E-state index in [0.29, 0.717) is 44.1 Å². The average molecular weight is 507 g/mol. The first kappa shape index (κ1) is 24.8.